The molecule has 0 spiro atoms. The minimum absolute atomic E-state index is 0.111. The maximum absolute atomic E-state index is 9.40. The van der Waals surface area contributed by atoms with E-state index in [1.807, 2.05) is 20.8 Å². The Morgan fingerprint density at radius 2 is 1.67 bits per heavy atom. The summed E-state index contributed by atoms with van der Waals surface area (Å²) < 4.78 is 1.52. The van der Waals surface area contributed by atoms with Crippen LogP contribution in [0.1, 0.15) is 27.2 Å². The number of hydrogen-bond donors (Lipinski definition) is 2. The molecule has 1 aromatic heterocycles. The largest absolute Gasteiger partial charge is 0.494 e. The summed E-state index contributed by atoms with van der Waals surface area (Å²) in [7, 11) is 0. The van der Waals surface area contributed by atoms with Gasteiger partial charge in [-0.05, 0) is 20.3 Å². The lowest BCUT2D eigenvalue weighted by Crippen LogP contribution is -2.24. The molecule has 1 heterocycles. The number of nitrogens with zero attached hydrogens (tertiary/aromatic N) is 1. The Balaban J connectivity index is 3.17. The van der Waals surface area contributed by atoms with Gasteiger partial charge in [0.25, 0.3) is 0 Å². The Kier molecular flexibility index (Phi) is 2.04. The van der Waals surface area contributed by atoms with E-state index in [0.29, 0.717) is 0 Å². The van der Waals surface area contributed by atoms with Crippen molar-refractivity contribution >= 4 is 0 Å². The van der Waals surface area contributed by atoms with Crippen LogP contribution in [0.3, 0.4) is 0 Å². The zero-order chi connectivity index (χ0) is 9.35. The van der Waals surface area contributed by atoms with Gasteiger partial charge in [0.1, 0.15) is 0 Å². The number of aromatic hydroxyl groups is 2. The molecule has 0 unspecified atom stereocenters. The monoisotopic (exact) mass is 169 g/mol. The first-order valence-corrected chi connectivity index (χ1v) is 4.09. The molecule has 12 heavy (non-hydrogen) atoms. The summed E-state index contributed by atoms with van der Waals surface area (Å²) in [5, 5.41) is 18.8. The first kappa shape index (κ1) is 8.97. The van der Waals surface area contributed by atoms with Crippen LogP contribution in [0.25, 0.3) is 0 Å². The SMILES string of the molecule is CCC(C)(C)n1c(O)ccc1O. The highest BCUT2D eigenvalue weighted by Gasteiger charge is 2.22. The molecule has 0 aliphatic heterocycles. The van der Waals surface area contributed by atoms with E-state index in [4.69, 9.17) is 0 Å². The van der Waals surface area contributed by atoms with Crippen molar-refractivity contribution in [2.75, 3.05) is 0 Å². The summed E-state index contributed by atoms with van der Waals surface area (Å²) >= 11 is 0. The molecule has 0 atom stereocenters. The molecule has 68 valence electrons. The van der Waals surface area contributed by atoms with Gasteiger partial charge in [-0.1, -0.05) is 6.92 Å². The zero-order valence-electron chi connectivity index (χ0n) is 7.70. The summed E-state index contributed by atoms with van der Waals surface area (Å²) in [6.45, 7) is 5.94. The zero-order valence-corrected chi connectivity index (χ0v) is 7.70. The smallest absolute Gasteiger partial charge is 0.194 e. The Bertz CT molecular complexity index is 257. The molecule has 0 radical (unpaired) electrons. The Morgan fingerprint density at radius 1 is 1.25 bits per heavy atom. The van der Waals surface area contributed by atoms with Crippen molar-refractivity contribution in [1.82, 2.24) is 4.57 Å². The van der Waals surface area contributed by atoms with Gasteiger partial charge in [-0.3, -0.25) is 4.57 Å². The molecule has 3 nitrogen and oxygen atoms in total. The molecule has 0 amide bonds. The highest BCUT2D eigenvalue weighted by atomic mass is 16.3. The van der Waals surface area contributed by atoms with Crippen LogP contribution < -0.4 is 0 Å². The van der Waals surface area contributed by atoms with E-state index in [-0.39, 0.29) is 17.3 Å². The Hall–Kier alpha value is -1.12. The fourth-order valence-corrected chi connectivity index (χ4v) is 1.19. The van der Waals surface area contributed by atoms with E-state index in [0.717, 1.165) is 6.42 Å². The second-order valence-electron chi connectivity index (χ2n) is 3.55. The van der Waals surface area contributed by atoms with Crippen LogP contribution in [0.5, 0.6) is 11.8 Å². The van der Waals surface area contributed by atoms with E-state index >= 15 is 0 Å². The summed E-state index contributed by atoms with van der Waals surface area (Å²) in [6, 6.07) is 2.99. The van der Waals surface area contributed by atoms with Crippen molar-refractivity contribution in [2.45, 2.75) is 32.7 Å². The predicted molar refractivity (Wildman–Crippen MR) is 47.4 cm³/mol. The van der Waals surface area contributed by atoms with Crippen molar-refractivity contribution < 1.29 is 10.2 Å². The minimum atomic E-state index is -0.238. The molecule has 1 aromatic rings. The van der Waals surface area contributed by atoms with Gasteiger partial charge in [-0.25, -0.2) is 0 Å². The molecule has 3 heteroatoms. The molecule has 0 saturated carbocycles. The van der Waals surface area contributed by atoms with Gasteiger partial charge in [0.15, 0.2) is 11.8 Å². The Morgan fingerprint density at radius 3 is 2.00 bits per heavy atom. The quantitative estimate of drug-likeness (QED) is 0.711. The van der Waals surface area contributed by atoms with Crippen molar-refractivity contribution in [3.63, 3.8) is 0 Å². The maximum Gasteiger partial charge on any atom is 0.194 e. The van der Waals surface area contributed by atoms with Gasteiger partial charge in [-0.15, -0.1) is 0 Å². The molecule has 0 bridgehead atoms. The normalized spacial score (nSPS) is 11.9. The Labute approximate surface area is 72.3 Å². The van der Waals surface area contributed by atoms with Gasteiger partial charge < -0.3 is 10.2 Å². The van der Waals surface area contributed by atoms with Gasteiger partial charge in [0.05, 0.1) is 0 Å². The maximum atomic E-state index is 9.40. The molecule has 0 fully saturated rings. The van der Waals surface area contributed by atoms with E-state index in [9.17, 15) is 10.2 Å². The van der Waals surface area contributed by atoms with Crippen LogP contribution in [0.2, 0.25) is 0 Å². The molecule has 1 rings (SSSR count). The van der Waals surface area contributed by atoms with Gasteiger partial charge >= 0.3 is 0 Å². The second-order valence-corrected chi connectivity index (χ2v) is 3.55. The number of rotatable bonds is 2. The third-order valence-corrected chi connectivity index (χ3v) is 2.31. The topological polar surface area (TPSA) is 45.4 Å². The predicted octanol–water partition coefficient (Wildman–Crippen LogP) is 2.04. The highest BCUT2D eigenvalue weighted by Crippen LogP contribution is 2.32. The van der Waals surface area contributed by atoms with Crippen LogP contribution in [-0.4, -0.2) is 14.8 Å². The fraction of sp³-hybridized carbons (Fsp3) is 0.556. The first-order chi connectivity index (χ1) is 5.49. The standard InChI is InChI=1S/C9H15NO2/c1-4-9(2,3)10-7(11)5-6-8(10)12/h5-6,11-12H,4H2,1-3H3. The highest BCUT2D eigenvalue weighted by molar-refractivity contribution is 5.26. The third kappa shape index (κ3) is 1.26. The van der Waals surface area contributed by atoms with Crippen LogP contribution in [-0.2, 0) is 5.54 Å². The molecule has 2 N–H and O–H groups in total. The second kappa shape index (κ2) is 2.73. The molecule has 0 aromatic carbocycles. The lowest BCUT2D eigenvalue weighted by molar-refractivity contribution is 0.258. The fourth-order valence-electron chi connectivity index (χ4n) is 1.19. The van der Waals surface area contributed by atoms with Gasteiger partial charge in [-0.2, -0.15) is 0 Å². The van der Waals surface area contributed by atoms with Crippen molar-refractivity contribution in [1.29, 1.82) is 0 Å². The summed E-state index contributed by atoms with van der Waals surface area (Å²) in [4.78, 5) is 0. The number of aromatic nitrogens is 1. The van der Waals surface area contributed by atoms with Gasteiger partial charge in [0, 0.05) is 17.7 Å². The summed E-state index contributed by atoms with van der Waals surface area (Å²) in [6.07, 6.45) is 0.850. The average molecular weight is 169 g/mol. The van der Waals surface area contributed by atoms with Crippen molar-refractivity contribution in [3.8, 4) is 11.8 Å². The summed E-state index contributed by atoms with van der Waals surface area (Å²) in [5.74, 6) is 0.221. The molecule has 0 aliphatic rings. The minimum Gasteiger partial charge on any atom is -0.494 e. The van der Waals surface area contributed by atoms with Crippen LogP contribution in [0, 0.1) is 0 Å². The van der Waals surface area contributed by atoms with Crippen molar-refractivity contribution in [2.24, 2.45) is 0 Å². The van der Waals surface area contributed by atoms with Crippen molar-refractivity contribution in [3.05, 3.63) is 12.1 Å². The first-order valence-electron chi connectivity index (χ1n) is 4.09. The third-order valence-electron chi connectivity index (χ3n) is 2.31. The van der Waals surface area contributed by atoms with Gasteiger partial charge in [0.2, 0.25) is 0 Å². The van der Waals surface area contributed by atoms with Crippen LogP contribution in [0.15, 0.2) is 12.1 Å². The lowest BCUT2D eigenvalue weighted by Gasteiger charge is -2.26. The molecular formula is C9H15NO2. The van der Waals surface area contributed by atoms with E-state index in [2.05, 4.69) is 0 Å². The van der Waals surface area contributed by atoms with E-state index < -0.39 is 0 Å². The molecular weight excluding hydrogens is 154 g/mol. The summed E-state index contributed by atoms with van der Waals surface area (Å²) in [5.41, 5.74) is -0.238. The number of hydrogen-bond acceptors (Lipinski definition) is 2. The average Bonchev–Trinajstić information content (AvgIpc) is 2.31. The van der Waals surface area contributed by atoms with E-state index in [1.54, 1.807) is 0 Å². The van der Waals surface area contributed by atoms with Crippen LogP contribution in [0.4, 0.5) is 0 Å². The molecule has 0 aliphatic carbocycles. The van der Waals surface area contributed by atoms with E-state index in [1.165, 1.54) is 16.7 Å². The van der Waals surface area contributed by atoms with Crippen LogP contribution >= 0.6 is 0 Å². The lowest BCUT2D eigenvalue weighted by atomic mass is 10.0. The molecule has 0 saturated heterocycles.